The van der Waals surface area contributed by atoms with Crippen molar-refractivity contribution in [1.29, 1.82) is 5.41 Å². The van der Waals surface area contributed by atoms with Crippen LogP contribution in [-0.2, 0) is 5.75 Å². The van der Waals surface area contributed by atoms with Crippen LogP contribution in [0, 0.1) is 11.3 Å². The third-order valence-electron chi connectivity index (χ3n) is 6.58. The summed E-state index contributed by atoms with van der Waals surface area (Å²) in [7, 11) is 4.31. The van der Waals surface area contributed by atoms with Gasteiger partial charge in [0.05, 0.1) is 5.04 Å². The number of pyridine rings is 1. The lowest BCUT2D eigenvalue weighted by Gasteiger charge is -2.44. The molecular formula is C28H42N6S. The molecule has 190 valence electrons. The molecule has 1 aromatic heterocycles. The Balaban J connectivity index is 0.00000148. The van der Waals surface area contributed by atoms with Crippen molar-refractivity contribution in [2.75, 3.05) is 45.6 Å². The third-order valence-corrected chi connectivity index (χ3v) is 7.49. The second-order valence-electron chi connectivity index (χ2n) is 9.47. The molecule has 3 heterocycles. The molecule has 1 saturated heterocycles. The molecule has 0 amide bonds. The van der Waals surface area contributed by atoms with E-state index in [-0.39, 0.29) is 1.43 Å². The topological polar surface area (TPSA) is 67.6 Å². The van der Waals surface area contributed by atoms with Gasteiger partial charge >= 0.3 is 0 Å². The van der Waals surface area contributed by atoms with Crippen molar-refractivity contribution in [3.05, 3.63) is 60.8 Å². The molecule has 1 unspecified atom stereocenters. The Hall–Kier alpha value is -2.64. The van der Waals surface area contributed by atoms with E-state index < -0.39 is 0 Å². The number of amidine groups is 1. The maximum absolute atomic E-state index is 7.62. The van der Waals surface area contributed by atoms with Crippen LogP contribution in [0.1, 0.15) is 33.7 Å². The highest BCUT2D eigenvalue weighted by Gasteiger charge is 2.31. The van der Waals surface area contributed by atoms with Crippen LogP contribution in [0.4, 0.5) is 5.82 Å². The summed E-state index contributed by atoms with van der Waals surface area (Å²) in [6.45, 7) is 14.1. The summed E-state index contributed by atoms with van der Waals surface area (Å²) in [4.78, 5) is 14.1. The van der Waals surface area contributed by atoms with Crippen LogP contribution in [0.15, 0.2) is 60.3 Å². The van der Waals surface area contributed by atoms with Gasteiger partial charge < -0.3 is 15.1 Å². The minimum Gasteiger partial charge on any atom is -0.370 e. The monoisotopic (exact) mass is 494 g/mol. The molecule has 2 aromatic rings. The number of likely N-dealkylation sites (N-methyl/N-ethyl adjacent to an activating group) is 1. The van der Waals surface area contributed by atoms with Gasteiger partial charge in [0, 0.05) is 51.0 Å². The molecule has 0 saturated carbocycles. The van der Waals surface area contributed by atoms with Crippen molar-refractivity contribution in [2.45, 2.75) is 38.5 Å². The van der Waals surface area contributed by atoms with E-state index in [9.17, 15) is 0 Å². The zero-order valence-electron chi connectivity index (χ0n) is 21.7. The Bertz CT molecular complexity index is 1080. The Kier molecular flexibility index (Phi) is 9.93. The lowest BCUT2D eigenvalue weighted by molar-refractivity contribution is 0.124. The standard InChI is InChI=1S/C26H36N6S.C2H4.H2/c1-18-13-30-26(32-15-24(16-32)31(3)4)12-21(18)6-5-9-28-25-11-23-10-20(17-33-19(2)27)7-8-22(23)14-29-25;1-2;/h7-8,10-12,14,18,24,27H,5-6,9,13,15-17H2,1-4H3,(H,28,29);1-2H2;1H. The first-order valence-electron chi connectivity index (χ1n) is 12.4. The number of dihydropyridines is 1. The molecular weight excluding hydrogens is 452 g/mol. The lowest BCUT2D eigenvalue weighted by atomic mass is 9.93. The maximum Gasteiger partial charge on any atom is 0.126 e. The average molecular weight is 495 g/mol. The van der Waals surface area contributed by atoms with Crippen LogP contribution >= 0.6 is 11.8 Å². The molecule has 6 nitrogen and oxygen atoms in total. The van der Waals surface area contributed by atoms with Crippen molar-refractivity contribution >= 4 is 39.2 Å². The van der Waals surface area contributed by atoms with E-state index in [0.29, 0.717) is 17.0 Å². The van der Waals surface area contributed by atoms with Gasteiger partial charge in [-0.3, -0.25) is 10.4 Å². The fourth-order valence-corrected chi connectivity index (χ4v) is 4.82. The third kappa shape index (κ3) is 7.42. The zero-order valence-corrected chi connectivity index (χ0v) is 22.5. The molecule has 0 aliphatic carbocycles. The molecule has 35 heavy (non-hydrogen) atoms. The van der Waals surface area contributed by atoms with E-state index in [0.717, 1.165) is 56.0 Å². The highest BCUT2D eigenvalue weighted by atomic mass is 32.2. The quantitative estimate of drug-likeness (QED) is 0.206. The predicted octanol–water partition coefficient (Wildman–Crippen LogP) is 5.93. The molecule has 2 aliphatic rings. The van der Waals surface area contributed by atoms with Crippen molar-refractivity contribution in [1.82, 2.24) is 14.8 Å². The number of hydrogen-bond acceptors (Lipinski definition) is 7. The van der Waals surface area contributed by atoms with Gasteiger partial charge in [0.25, 0.3) is 0 Å². The number of hydrogen-bond donors (Lipinski definition) is 2. The molecule has 4 rings (SSSR count). The molecule has 2 aliphatic heterocycles. The van der Waals surface area contributed by atoms with Crippen molar-refractivity contribution in [2.24, 2.45) is 10.9 Å². The smallest absolute Gasteiger partial charge is 0.126 e. The second-order valence-corrected chi connectivity index (χ2v) is 10.7. The second kappa shape index (κ2) is 12.9. The van der Waals surface area contributed by atoms with Gasteiger partial charge in [-0.15, -0.1) is 24.9 Å². The molecule has 7 heteroatoms. The SMILES string of the molecule is C=C.CC(=N)SCc1ccc2cnc(NCCCC3=CC(N4CC(N(C)C)C4)=NCC3C)cc2c1.[HH]. The number of fused-ring (bicyclic) bond motifs is 1. The minimum absolute atomic E-state index is 0. The number of aliphatic imine (C=N–C) groups is 1. The van der Waals surface area contributed by atoms with E-state index in [2.05, 4.69) is 84.6 Å². The number of likely N-dealkylation sites (tertiary alicyclic amines) is 1. The van der Waals surface area contributed by atoms with Crippen molar-refractivity contribution in [3.8, 4) is 0 Å². The summed E-state index contributed by atoms with van der Waals surface area (Å²) in [5.41, 5.74) is 2.76. The molecule has 2 N–H and O–H groups in total. The lowest BCUT2D eigenvalue weighted by Crippen LogP contribution is -2.59. The van der Waals surface area contributed by atoms with Gasteiger partial charge in [-0.25, -0.2) is 4.98 Å². The largest absolute Gasteiger partial charge is 0.370 e. The number of rotatable bonds is 8. The van der Waals surface area contributed by atoms with E-state index in [1.54, 1.807) is 11.8 Å². The van der Waals surface area contributed by atoms with Crippen molar-refractivity contribution < 1.29 is 1.43 Å². The van der Waals surface area contributed by atoms with Crippen molar-refractivity contribution in [3.63, 3.8) is 0 Å². The van der Waals surface area contributed by atoms with Crippen LogP contribution in [-0.4, -0.2) is 72.0 Å². The number of thioether (sulfide) groups is 1. The van der Waals surface area contributed by atoms with Crippen LogP contribution in [0.2, 0.25) is 0 Å². The van der Waals surface area contributed by atoms with Gasteiger partial charge in [0.2, 0.25) is 0 Å². The first kappa shape index (κ1) is 27.0. The zero-order chi connectivity index (χ0) is 25.4. The summed E-state index contributed by atoms with van der Waals surface area (Å²) in [5.74, 6) is 3.47. The summed E-state index contributed by atoms with van der Waals surface area (Å²) < 4.78 is 0. The number of nitrogens with zero attached hydrogens (tertiary/aromatic N) is 4. The highest BCUT2D eigenvalue weighted by molar-refractivity contribution is 8.13. The van der Waals surface area contributed by atoms with Gasteiger partial charge in [-0.1, -0.05) is 30.7 Å². The van der Waals surface area contributed by atoms with Crippen LogP contribution in [0.3, 0.4) is 0 Å². The molecule has 1 aromatic carbocycles. The summed E-state index contributed by atoms with van der Waals surface area (Å²) in [5, 5.41) is 14.1. The molecule has 1 fully saturated rings. The predicted molar refractivity (Wildman–Crippen MR) is 156 cm³/mol. The summed E-state index contributed by atoms with van der Waals surface area (Å²) in [6.07, 6.45) is 6.46. The Morgan fingerprint density at radius 3 is 2.74 bits per heavy atom. The minimum atomic E-state index is 0. The van der Waals surface area contributed by atoms with Gasteiger partial charge in [-0.05, 0) is 62.9 Å². The normalized spacial score (nSPS) is 17.9. The number of aromatic nitrogens is 1. The Labute approximate surface area is 216 Å². The van der Waals surface area contributed by atoms with E-state index in [4.69, 9.17) is 10.4 Å². The van der Waals surface area contributed by atoms with E-state index in [1.807, 2.05) is 13.1 Å². The fourth-order valence-electron chi connectivity index (χ4n) is 4.26. The first-order valence-corrected chi connectivity index (χ1v) is 13.3. The first-order chi connectivity index (χ1) is 16.9. The maximum atomic E-state index is 7.62. The summed E-state index contributed by atoms with van der Waals surface area (Å²) in [6, 6.07) is 9.25. The molecule has 0 bridgehead atoms. The van der Waals surface area contributed by atoms with Gasteiger partial charge in [0.15, 0.2) is 0 Å². The van der Waals surface area contributed by atoms with Crippen LogP contribution < -0.4 is 5.32 Å². The molecule has 0 spiro atoms. The molecule has 1 atom stereocenters. The fraction of sp³-hybridized carbons (Fsp3) is 0.464. The average Bonchev–Trinajstić information content (AvgIpc) is 2.82. The van der Waals surface area contributed by atoms with Crippen LogP contribution in [0.5, 0.6) is 0 Å². The van der Waals surface area contributed by atoms with Crippen LogP contribution in [0.25, 0.3) is 10.8 Å². The highest BCUT2D eigenvalue weighted by Crippen LogP contribution is 2.25. The number of nitrogens with one attached hydrogen (secondary N) is 2. The summed E-state index contributed by atoms with van der Waals surface area (Å²) >= 11 is 1.57. The Morgan fingerprint density at radius 1 is 1.26 bits per heavy atom. The molecule has 0 radical (unpaired) electrons. The number of benzene rings is 1. The van der Waals surface area contributed by atoms with E-state index >= 15 is 0 Å². The van der Waals surface area contributed by atoms with Gasteiger partial charge in [0.1, 0.15) is 11.7 Å². The van der Waals surface area contributed by atoms with E-state index in [1.165, 1.54) is 22.4 Å². The Morgan fingerprint density at radius 2 is 2.03 bits per heavy atom. The van der Waals surface area contributed by atoms with Gasteiger partial charge in [-0.2, -0.15) is 0 Å². The number of anilines is 1.